The molecular formula is C19H17ClN2O2. The highest BCUT2D eigenvalue weighted by molar-refractivity contribution is 6.30. The van der Waals surface area contributed by atoms with Crippen molar-refractivity contribution in [2.24, 2.45) is 0 Å². The fourth-order valence-electron chi connectivity index (χ4n) is 3.48. The highest BCUT2D eigenvalue weighted by Crippen LogP contribution is 2.35. The fraction of sp³-hybridized carbons (Fsp3) is 0.211. The van der Waals surface area contributed by atoms with E-state index >= 15 is 0 Å². The van der Waals surface area contributed by atoms with Crippen LogP contribution >= 0.6 is 11.6 Å². The van der Waals surface area contributed by atoms with E-state index in [9.17, 15) is 4.79 Å². The summed E-state index contributed by atoms with van der Waals surface area (Å²) in [4.78, 5) is 15.7. The molecule has 0 saturated heterocycles. The molecule has 0 aliphatic carbocycles. The van der Waals surface area contributed by atoms with Crippen LogP contribution in [0.15, 0.2) is 48.5 Å². The molecule has 2 atom stereocenters. The molecule has 0 amide bonds. The van der Waals surface area contributed by atoms with Crippen LogP contribution in [0, 0.1) is 0 Å². The summed E-state index contributed by atoms with van der Waals surface area (Å²) in [5.74, 6) is -0.252. The number of benzene rings is 2. The van der Waals surface area contributed by atoms with Crippen molar-refractivity contribution < 1.29 is 9.53 Å². The highest BCUT2D eigenvalue weighted by atomic mass is 35.5. The number of esters is 1. The number of carbonyl (C=O) groups is 1. The number of halogens is 1. The molecule has 0 saturated carbocycles. The molecular weight excluding hydrogens is 324 g/mol. The van der Waals surface area contributed by atoms with Crippen LogP contribution in [0.3, 0.4) is 0 Å². The summed E-state index contributed by atoms with van der Waals surface area (Å²) in [6.45, 7) is 0. The predicted octanol–water partition coefficient (Wildman–Crippen LogP) is 3.60. The Morgan fingerprint density at radius 1 is 1.21 bits per heavy atom. The third kappa shape index (κ3) is 2.48. The lowest BCUT2D eigenvalue weighted by atomic mass is 9.90. The quantitative estimate of drug-likeness (QED) is 0.701. The minimum atomic E-state index is -0.384. The highest BCUT2D eigenvalue weighted by Gasteiger charge is 2.34. The first-order chi connectivity index (χ1) is 11.7. The number of fused-ring (bicyclic) bond motifs is 3. The van der Waals surface area contributed by atoms with Gasteiger partial charge in [-0.15, -0.1) is 0 Å². The second-order valence-electron chi connectivity index (χ2n) is 6.00. The van der Waals surface area contributed by atoms with Crippen LogP contribution in [0.4, 0.5) is 0 Å². The Morgan fingerprint density at radius 3 is 2.83 bits per heavy atom. The van der Waals surface area contributed by atoms with Crippen molar-refractivity contribution in [2.75, 3.05) is 7.11 Å². The van der Waals surface area contributed by atoms with E-state index in [0.29, 0.717) is 11.4 Å². The molecule has 24 heavy (non-hydrogen) atoms. The molecule has 1 aliphatic heterocycles. The molecule has 4 nitrogen and oxygen atoms in total. The molecule has 2 N–H and O–H groups in total. The monoisotopic (exact) mass is 340 g/mol. The van der Waals surface area contributed by atoms with E-state index in [1.165, 1.54) is 7.11 Å². The minimum absolute atomic E-state index is 0.135. The van der Waals surface area contributed by atoms with Gasteiger partial charge < -0.3 is 9.72 Å². The van der Waals surface area contributed by atoms with Crippen LogP contribution in [-0.4, -0.2) is 24.1 Å². The van der Waals surface area contributed by atoms with Crippen LogP contribution in [-0.2, 0) is 16.0 Å². The number of carbonyl (C=O) groups excluding carboxylic acids is 1. The number of ether oxygens (including phenoxy) is 1. The first-order valence-electron chi connectivity index (χ1n) is 7.86. The second-order valence-corrected chi connectivity index (χ2v) is 6.43. The van der Waals surface area contributed by atoms with Gasteiger partial charge in [0.05, 0.1) is 13.2 Å². The first kappa shape index (κ1) is 15.2. The topological polar surface area (TPSA) is 54.1 Å². The third-order valence-electron chi connectivity index (χ3n) is 4.58. The number of aromatic nitrogens is 1. The van der Waals surface area contributed by atoms with E-state index in [2.05, 4.69) is 22.4 Å². The van der Waals surface area contributed by atoms with E-state index in [0.717, 1.165) is 27.7 Å². The largest absolute Gasteiger partial charge is 0.468 e. The second kappa shape index (κ2) is 5.96. The first-order valence-corrected chi connectivity index (χ1v) is 8.24. The molecule has 0 unspecified atom stereocenters. The predicted molar refractivity (Wildman–Crippen MR) is 94.2 cm³/mol. The van der Waals surface area contributed by atoms with Crippen LogP contribution in [0.1, 0.15) is 22.9 Å². The summed E-state index contributed by atoms with van der Waals surface area (Å²) < 4.78 is 4.96. The lowest BCUT2D eigenvalue weighted by Crippen LogP contribution is -2.45. The van der Waals surface area contributed by atoms with Gasteiger partial charge in [-0.1, -0.05) is 41.9 Å². The van der Waals surface area contributed by atoms with E-state index in [1.54, 1.807) is 0 Å². The smallest absolute Gasteiger partial charge is 0.323 e. The van der Waals surface area contributed by atoms with Gasteiger partial charge in [-0.3, -0.25) is 10.1 Å². The maximum atomic E-state index is 12.2. The van der Waals surface area contributed by atoms with Crippen LogP contribution in [0.5, 0.6) is 0 Å². The third-order valence-corrected chi connectivity index (χ3v) is 4.81. The molecule has 122 valence electrons. The number of rotatable bonds is 2. The normalized spacial score (nSPS) is 19.9. The summed E-state index contributed by atoms with van der Waals surface area (Å²) in [5.41, 5.74) is 4.33. The van der Waals surface area contributed by atoms with Crippen LogP contribution in [0.2, 0.25) is 5.02 Å². The Hall–Kier alpha value is -2.30. The summed E-state index contributed by atoms with van der Waals surface area (Å²) in [6, 6.07) is 15.3. The maximum absolute atomic E-state index is 12.2. The summed E-state index contributed by atoms with van der Waals surface area (Å²) in [7, 11) is 1.42. The Bertz CT molecular complexity index is 919. The molecule has 4 rings (SSSR count). The van der Waals surface area contributed by atoms with Gasteiger partial charge in [0.1, 0.15) is 6.04 Å². The van der Waals surface area contributed by atoms with Crippen molar-refractivity contribution in [1.82, 2.24) is 10.3 Å². The van der Waals surface area contributed by atoms with Crippen molar-refractivity contribution in [3.8, 4) is 0 Å². The Labute approximate surface area is 144 Å². The summed E-state index contributed by atoms with van der Waals surface area (Å²) >= 11 is 6.17. The van der Waals surface area contributed by atoms with Gasteiger partial charge in [-0.25, -0.2) is 0 Å². The molecule has 2 heterocycles. The van der Waals surface area contributed by atoms with E-state index in [-0.39, 0.29) is 18.1 Å². The van der Waals surface area contributed by atoms with Gasteiger partial charge >= 0.3 is 5.97 Å². The standard InChI is InChI=1S/C19H17ClN2O2/c1-24-19(23)16-10-14-13-7-2-3-8-15(13)21-18(14)17(22-16)11-5-4-6-12(20)9-11/h2-9,16-17,21-22H,10H2,1H3/t16-,17+/m1/s1. The molecule has 0 radical (unpaired) electrons. The summed E-state index contributed by atoms with van der Waals surface area (Å²) in [6.07, 6.45) is 0.600. The molecule has 0 fully saturated rings. The molecule has 2 aromatic carbocycles. The van der Waals surface area contributed by atoms with E-state index in [4.69, 9.17) is 16.3 Å². The van der Waals surface area contributed by atoms with Crippen molar-refractivity contribution in [1.29, 1.82) is 0 Å². The number of para-hydroxylation sites is 1. The zero-order valence-corrected chi connectivity index (χ0v) is 13.9. The summed E-state index contributed by atoms with van der Waals surface area (Å²) in [5, 5.41) is 5.22. The Kier molecular flexibility index (Phi) is 3.79. The average molecular weight is 341 g/mol. The zero-order valence-electron chi connectivity index (χ0n) is 13.2. The number of hydrogen-bond acceptors (Lipinski definition) is 3. The van der Waals surface area contributed by atoms with Gasteiger partial charge in [-0.2, -0.15) is 0 Å². The van der Waals surface area contributed by atoms with Gasteiger partial charge in [0.15, 0.2) is 0 Å². The minimum Gasteiger partial charge on any atom is -0.468 e. The van der Waals surface area contributed by atoms with Gasteiger partial charge in [0.25, 0.3) is 0 Å². The SMILES string of the molecule is COC(=O)[C@H]1Cc2c([nH]c3ccccc23)[C@H](c2cccc(Cl)c2)N1. The van der Waals surface area contributed by atoms with Crippen LogP contribution < -0.4 is 5.32 Å². The number of methoxy groups -OCH3 is 1. The number of aromatic amines is 1. The average Bonchev–Trinajstić information content (AvgIpc) is 2.99. The lowest BCUT2D eigenvalue weighted by Gasteiger charge is -2.30. The number of H-pyrrole nitrogens is 1. The molecule has 0 bridgehead atoms. The van der Waals surface area contributed by atoms with E-state index < -0.39 is 0 Å². The molecule has 1 aliphatic rings. The van der Waals surface area contributed by atoms with Crippen molar-refractivity contribution in [3.05, 3.63) is 70.4 Å². The Morgan fingerprint density at radius 2 is 2.04 bits per heavy atom. The molecule has 0 spiro atoms. The zero-order chi connectivity index (χ0) is 16.7. The van der Waals surface area contributed by atoms with Gasteiger partial charge in [-0.05, 0) is 29.3 Å². The van der Waals surface area contributed by atoms with Gasteiger partial charge in [0.2, 0.25) is 0 Å². The molecule has 5 heteroatoms. The van der Waals surface area contributed by atoms with Crippen molar-refractivity contribution in [3.63, 3.8) is 0 Å². The number of hydrogen-bond donors (Lipinski definition) is 2. The van der Waals surface area contributed by atoms with Crippen molar-refractivity contribution in [2.45, 2.75) is 18.5 Å². The molecule has 3 aromatic rings. The van der Waals surface area contributed by atoms with E-state index in [1.807, 2.05) is 36.4 Å². The maximum Gasteiger partial charge on any atom is 0.323 e. The fourth-order valence-corrected chi connectivity index (χ4v) is 3.68. The van der Waals surface area contributed by atoms with Crippen LogP contribution in [0.25, 0.3) is 10.9 Å². The van der Waals surface area contributed by atoms with Crippen molar-refractivity contribution >= 4 is 28.5 Å². The molecule has 1 aromatic heterocycles. The lowest BCUT2D eigenvalue weighted by molar-refractivity contribution is -0.143. The number of nitrogens with one attached hydrogen (secondary N) is 2. The Balaban J connectivity index is 1.88. The van der Waals surface area contributed by atoms with Gasteiger partial charge in [0, 0.05) is 28.0 Å².